The minimum absolute atomic E-state index is 0.0463. The number of carbonyl (C=O) groups excluding carboxylic acids is 2. The molecule has 1 fully saturated rings. The van der Waals surface area contributed by atoms with Gasteiger partial charge < -0.3 is 15.0 Å². The third-order valence-electron chi connectivity index (χ3n) is 7.05. The lowest BCUT2D eigenvalue weighted by Crippen LogP contribution is -2.50. The molecule has 2 aromatic carbocycles. The van der Waals surface area contributed by atoms with Gasteiger partial charge in [-0.25, -0.2) is 14.3 Å². The lowest BCUT2D eigenvalue weighted by Gasteiger charge is -2.39. The molecule has 40 heavy (non-hydrogen) atoms. The second-order valence-corrected chi connectivity index (χ2v) is 11.4. The van der Waals surface area contributed by atoms with E-state index in [0.29, 0.717) is 42.7 Å². The van der Waals surface area contributed by atoms with E-state index >= 15 is 0 Å². The number of hydrogen-bond donors (Lipinski definition) is 1. The number of alkyl carbamates (subject to hydrolysis) is 1. The van der Waals surface area contributed by atoms with Gasteiger partial charge in [0.25, 0.3) is 5.91 Å². The highest BCUT2D eigenvalue weighted by atomic mass is 16.6. The van der Waals surface area contributed by atoms with Crippen molar-refractivity contribution in [2.75, 3.05) is 13.1 Å². The van der Waals surface area contributed by atoms with Crippen molar-refractivity contribution in [2.24, 2.45) is 0 Å². The zero-order valence-electron chi connectivity index (χ0n) is 23.1. The average molecular weight is 537 g/mol. The summed E-state index contributed by atoms with van der Waals surface area (Å²) >= 11 is 0. The van der Waals surface area contributed by atoms with Gasteiger partial charge in [-0.15, -0.1) is 0 Å². The monoisotopic (exact) mass is 536 g/mol. The lowest BCUT2D eigenvalue weighted by atomic mass is 9.93. The van der Waals surface area contributed by atoms with Gasteiger partial charge in [-0.05, 0) is 63.6 Å². The number of nitrogens with zero attached hydrogens (tertiary/aromatic N) is 5. The summed E-state index contributed by atoms with van der Waals surface area (Å²) in [4.78, 5) is 32.1. The first-order valence-electron chi connectivity index (χ1n) is 13.3. The summed E-state index contributed by atoms with van der Waals surface area (Å²) in [6.07, 6.45) is 4.34. The molecule has 204 valence electrons. The van der Waals surface area contributed by atoms with Gasteiger partial charge in [-0.3, -0.25) is 4.79 Å². The molecule has 0 unspecified atom stereocenters. The van der Waals surface area contributed by atoms with E-state index in [1.54, 1.807) is 22.8 Å². The van der Waals surface area contributed by atoms with E-state index in [0.717, 1.165) is 22.4 Å². The van der Waals surface area contributed by atoms with E-state index < -0.39 is 11.7 Å². The van der Waals surface area contributed by atoms with Crippen molar-refractivity contribution in [1.82, 2.24) is 24.8 Å². The van der Waals surface area contributed by atoms with Crippen LogP contribution in [0.5, 0.6) is 0 Å². The van der Waals surface area contributed by atoms with E-state index in [2.05, 4.69) is 16.5 Å². The van der Waals surface area contributed by atoms with Crippen molar-refractivity contribution in [3.8, 4) is 28.5 Å². The first-order chi connectivity index (χ1) is 19.0. The summed E-state index contributed by atoms with van der Waals surface area (Å²) < 4.78 is 7.43. The fourth-order valence-corrected chi connectivity index (χ4v) is 4.76. The molecule has 9 nitrogen and oxygen atoms in total. The largest absolute Gasteiger partial charge is 0.443 e. The number of likely N-dealkylation sites (tertiary alicyclic amines) is 1. The number of hydrogen-bond acceptors (Lipinski definition) is 6. The Hall–Kier alpha value is -4.71. The Morgan fingerprint density at radius 1 is 1.00 bits per heavy atom. The zero-order valence-corrected chi connectivity index (χ0v) is 23.1. The summed E-state index contributed by atoms with van der Waals surface area (Å²) in [7, 11) is 0. The number of ether oxygens (including phenoxy) is 1. The van der Waals surface area contributed by atoms with Gasteiger partial charge in [-0.1, -0.05) is 24.3 Å². The molecule has 0 spiro atoms. The number of nitrogens with one attached hydrogen (secondary N) is 1. The molecule has 0 bridgehead atoms. The van der Waals surface area contributed by atoms with E-state index in [9.17, 15) is 9.59 Å². The summed E-state index contributed by atoms with van der Waals surface area (Å²) in [6, 6.07) is 18.8. The third kappa shape index (κ3) is 5.81. The van der Waals surface area contributed by atoms with Gasteiger partial charge in [0.1, 0.15) is 5.60 Å². The predicted octanol–water partition coefficient (Wildman–Crippen LogP) is 5.45. The molecule has 3 heterocycles. The van der Waals surface area contributed by atoms with Crippen molar-refractivity contribution in [1.29, 1.82) is 5.26 Å². The Balaban J connectivity index is 1.27. The van der Waals surface area contributed by atoms with Crippen LogP contribution in [-0.4, -0.2) is 55.7 Å². The Labute approximate surface area is 233 Å². The zero-order chi connectivity index (χ0) is 28.5. The molecule has 2 amide bonds. The van der Waals surface area contributed by atoms with Gasteiger partial charge in [0.15, 0.2) is 5.65 Å². The van der Waals surface area contributed by atoms with Gasteiger partial charge in [0.2, 0.25) is 0 Å². The first-order valence-corrected chi connectivity index (χ1v) is 13.3. The van der Waals surface area contributed by atoms with Crippen molar-refractivity contribution in [3.05, 3.63) is 78.1 Å². The lowest BCUT2D eigenvalue weighted by molar-refractivity contribution is -0.0204. The van der Waals surface area contributed by atoms with Crippen LogP contribution in [0, 0.1) is 11.3 Å². The van der Waals surface area contributed by atoms with Crippen LogP contribution >= 0.6 is 0 Å². The molecule has 0 saturated carbocycles. The highest BCUT2D eigenvalue weighted by Crippen LogP contribution is 2.29. The van der Waals surface area contributed by atoms with Crippen LogP contribution in [0.1, 0.15) is 56.5 Å². The molecule has 1 saturated heterocycles. The SMILES string of the molecule is CC(C)(C)NC(=O)OC1(C)CCN(C(=O)c2ccc(-c3ccn4ncc(-c5ccc(C#N)cc5)c4n3)cc2)CC1. The minimum Gasteiger partial charge on any atom is -0.443 e. The van der Waals surface area contributed by atoms with Crippen LogP contribution < -0.4 is 5.32 Å². The highest BCUT2D eigenvalue weighted by Gasteiger charge is 2.36. The number of amides is 2. The molecular weight excluding hydrogens is 504 g/mol. The fourth-order valence-electron chi connectivity index (χ4n) is 4.76. The summed E-state index contributed by atoms with van der Waals surface area (Å²) in [6.45, 7) is 8.66. The van der Waals surface area contributed by atoms with E-state index in [4.69, 9.17) is 15.0 Å². The molecule has 1 N–H and O–H groups in total. The van der Waals surface area contributed by atoms with Gasteiger partial charge in [0, 0.05) is 54.4 Å². The third-order valence-corrected chi connectivity index (χ3v) is 7.05. The van der Waals surface area contributed by atoms with Crippen LogP contribution in [-0.2, 0) is 4.74 Å². The number of nitriles is 1. The molecule has 4 aromatic rings. The van der Waals surface area contributed by atoms with Crippen molar-refractivity contribution in [2.45, 2.75) is 51.7 Å². The summed E-state index contributed by atoms with van der Waals surface area (Å²) in [5.74, 6) is -0.0463. The Morgan fingerprint density at radius 2 is 1.65 bits per heavy atom. The minimum atomic E-state index is -0.607. The predicted molar refractivity (Wildman–Crippen MR) is 151 cm³/mol. The molecule has 0 aliphatic carbocycles. The van der Waals surface area contributed by atoms with Crippen molar-refractivity contribution in [3.63, 3.8) is 0 Å². The number of carbonyl (C=O) groups is 2. The van der Waals surface area contributed by atoms with E-state index in [1.165, 1.54) is 0 Å². The van der Waals surface area contributed by atoms with Crippen LogP contribution in [0.2, 0.25) is 0 Å². The molecule has 1 aliphatic rings. The summed E-state index contributed by atoms with van der Waals surface area (Å²) in [5, 5.41) is 16.3. The first kappa shape index (κ1) is 26.9. The number of rotatable bonds is 4. The van der Waals surface area contributed by atoms with Gasteiger partial charge in [0.05, 0.1) is 23.5 Å². The second kappa shape index (κ2) is 10.5. The topological polar surface area (TPSA) is 113 Å². The number of aromatic nitrogens is 3. The van der Waals surface area contributed by atoms with E-state index in [-0.39, 0.29) is 11.4 Å². The molecule has 2 aromatic heterocycles. The molecule has 1 aliphatic heterocycles. The van der Waals surface area contributed by atoms with Crippen LogP contribution in [0.15, 0.2) is 67.0 Å². The number of piperidine rings is 1. The normalized spacial score (nSPS) is 14.9. The standard InChI is InChI=1S/C31H32N6O3/c1-30(2,3)35-29(39)40-31(4)14-17-36(18-15-31)28(38)24-11-9-23(10-12-24)26-13-16-37-27(34-26)25(20-33-37)22-7-5-21(19-32)6-8-22/h5-13,16,20H,14-15,17-18H2,1-4H3,(H,35,39). The summed E-state index contributed by atoms with van der Waals surface area (Å²) in [5.41, 5.74) is 4.37. The average Bonchev–Trinajstić information content (AvgIpc) is 3.35. The molecule has 0 radical (unpaired) electrons. The fraction of sp³-hybridized carbons (Fsp3) is 0.323. The number of benzene rings is 2. The second-order valence-electron chi connectivity index (χ2n) is 11.4. The highest BCUT2D eigenvalue weighted by molar-refractivity contribution is 5.94. The maximum atomic E-state index is 13.2. The molecular formula is C31H32N6O3. The smallest absolute Gasteiger partial charge is 0.408 e. The van der Waals surface area contributed by atoms with Crippen LogP contribution in [0.3, 0.4) is 0 Å². The Morgan fingerprint density at radius 3 is 2.27 bits per heavy atom. The Kier molecular flexibility index (Phi) is 7.03. The number of fused-ring (bicyclic) bond motifs is 1. The molecule has 0 atom stereocenters. The van der Waals surface area contributed by atoms with Crippen molar-refractivity contribution >= 4 is 17.6 Å². The Bertz CT molecular complexity index is 1590. The van der Waals surface area contributed by atoms with E-state index in [1.807, 2.05) is 81.3 Å². The maximum absolute atomic E-state index is 13.2. The molecule has 9 heteroatoms. The van der Waals surface area contributed by atoms with Crippen LogP contribution in [0.25, 0.3) is 28.0 Å². The quantitative estimate of drug-likeness (QED) is 0.371. The van der Waals surface area contributed by atoms with Crippen LogP contribution in [0.4, 0.5) is 4.79 Å². The van der Waals surface area contributed by atoms with Crippen molar-refractivity contribution < 1.29 is 14.3 Å². The molecule has 5 rings (SSSR count). The maximum Gasteiger partial charge on any atom is 0.408 e. The van der Waals surface area contributed by atoms with Gasteiger partial charge in [-0.2, -0.15) is 10.4 Å². The van der Waals surface area contributed by atoms with Gasteiger partial charge >= 0.3 is 6.09 Å².